The van der Waals surface area contributed by atoms with E-state index in [4.69, 9.17) is 4.74 Å². The number of hydrogen-bond donors (Lipinski definition) is 0. The molecule has 1 saturated carbocycles. The van der Waals surface area contributed by atoms with Crippen molar-refractivity contribution in [1.29, 1.82) is 0 Å². The van der Waals surface area contributed by atoms with Gasteiger partial charge in [0, 0.05) is 6.54 Å². The molecule has 98 valence electrons. The number of likely N-dealkylation sites (tertiary alicyclic amines) is 1. The van der Waals surface area contributed by atoms with Crippen molar-refractivity contribution in [2.75, 3.05) is 26.2 Å². The van der Waals surface area contributed by atoms with Crippen molar-refractivity contribution >= 4 is 0 Å². The molecule has 1 aromatic carbocycles. The third-order valence-corrected chi connectivity index (χ3v) is 3.99. The molecule has 2 nitrogen and oxygen atoms in total. The maximum Gasteiger partial charge on any atom is 0.119 e. The Morgan fingerprint density at radius 2 is 2.00 bits per heavy atom. The standard InChI is InChI=1S/C16H23NO/c1-2-10-17(9-1)11-4-12-18-16-6-3-5-15(13-16)14-7-8-14/h3,5-6,13-14H,1-2,4,7-12H2. The number of nitrogens with zero attached hydrogens (tertiary/aromatic N) is 1. The van der Waals surface area contributed by atoms with Crippen molar-refractivity contribution in [3.05, 3.63) is 29.8 Å². The second-order valence-electron chi connectivity index (χ2n) is 5.60. The van der Waals surface area contributed by atoms with Gasteiger partial charge in [0.05, 0.1) is 6.61 Å². The Hall–Kier alpha value is -1.02. The Balaban J connectivity index is 1.40. The van der Waals surface area contributed by atoms with E-state index in [2.05, 4.69) is 29.2 Å². The first-order valence-electron chi connectivity index (χ1n) is 7.37. The van der Waals surface area contributed by atoms with Gasteiger partial charge in [-0.05, 0) is 68.8 Å². The average Bonchev–Trinajstić information content (AvgIpc) is 3.13. The van der Waals surface area contributed by atoms with Crippen LogP contribution in [0.5, 0.6) is 5.75 Å². The summed E-state index contributed by atoms with van der Waals surface area (Å²) < 4.78 is 5.86. The summed E-state index contributed by atoms with van der Waals surface area (Å²) >= 11 is 0. The predicted molar refractivity (Wildman–Crippen MR) is 74.2 cm³/mol. The van der Waals surface area contributed by atoms with E-state index < -0.39 is 0 Å². The van der Waals surface area contributed by atoms with E-state index in [0.717, 1.165) is 24.7 Å². The molecule has 0 aromatic heterocycles. The minimum atomic E-state index is 0.818. The molecule has 0 spiro atoms. The Bertz CT molecular complexity index is 380. The normalized spacial score (nSPS) is 20.2. The van der Waals surface area contributed by atoms with Crippen molar-refractivity contribution in [3.63, 3.8) is 0 Å². The van der Waals surface area contributed by atoms with Gasteiger partial charge in [-0.3, -0.25) is 0 Å². The van der Waals surface area contributed by atoms with Crippen LogP contribution >= 0.6 is 0 Å². The zero-order valence-electron chi connectivity index (χ0n) is 11.1. The predicted octanol–water partition coefficient (Wildman–Crippen LogP) is 3.43. The monoisotopic (exact) mass is 245 g/mol. The van der Waals surface area contributed by atoms with Crippen molar-refractivity contribution in [2.45, 2.75) is 38.0 Å². The van der Waals surface area contributed by atoms with Crippen LogP contribution in [0.25, 0.3) is 0 Å². The van der Waals surface area contributed by atoms with Crippen LogP contribution in [0, 0.1) is 0 Å². The van der Waals surface area contributed by atoms with Gasteiger partial charge in [0.15, 0.2) is 0 Å². The molecule has 0 atom stereocenters. The molecule has 3 rings (SSSR count). The first kappa shape index (κ1) is 12.0. The molecule has 2 fully saturated rings. The van der Waals surface area contributed by atoms with Gasteiger partial charge in [-0.15, -0.1) is 0 Å². The SMILES string of the molecule is c1cc(OCCCN2CCCC2)cc(C2CC2)c1. The summed E-state index contributed by atoms with van der Waals surface area (Å²) in [4.78, 5) is 2.55. The molecule has 0 N–H and O–H groups in total. The molecule has 1 heterocycles. The van der Waals surface area contributed by atoms with Crippen molar-refractivity contribution in [1.82, 2.24) is 4.90 Å². The summed E-state index contributed by atoms with van der Waals surface area (Å²) in [6.07, 6.45) is 6.62. The van der Waals surface area contributed by atoms with Crippen molar-refractivity contribution in [3.8, 4) is 5.75 Å². The van der Waals surface area contributed by atoms with Gasteiger partial charge in [0.1, 0.15) is 5.75 Å². The highest BCUT2D eigenvalue weighted by atomic mass is 16.5. The fraction of sp³-hybridized carbons (Fsp3) is 0.625. The lowest BCUT2D eigenvalue weighted by molar-refractivity contribution is 0.263. The minimum absolute atomic E-state index is 0.818. The molecule has 1 aliphatic carbocycles. The summed E-state index contributed by atoms with van der Waals surface area (Å²) in [5.74, 6) is 1.87. The highest BCUT2D eigenvalue weighted by Gasteiger charge is 2.23. The molecule has 1 saturated heterocycles. The third-order valence-electron chi connectivity index (χ3n) is 3.99. The maximum absolute atomic E-state index is 5.86. The Labute approximate surface area is 110 Å². The summed E-state index contributed by atoms with van der Waals surface area (Å²) in [6, 6.07) is 8.67. The number of rotatable bonds is 6. The summed E-state index contributed by atoms with van der Waals surface area (Å²) in [6.45, 7) is 4.63. The smallest absolute Gasteiger partial charge is 0.119 e. The zero-order valence-corrected chi connectivity index (χ0v) is 11.1. The van der Waals surface area contributed by atoms with Crippen LogP contribution in [0.2, 0.25) is 0 Å². The maximum atomic E-state index is 5.86. The first-order valence-corrected chi connectivity index (χ1v) is 7.37. The second-order valence-corrected chi connectivity index (χ2v) is 5.60. The molecule has 0 unspecified atom stereocenters. The molecular weight excluding hydrogens is 222 g/mol. The molecule has 2 aliphatic rings. The van der Waals surface area contributed by atoms with Gasteiger partial charge in [-0.2, -0.15) is 0 Å². The third kappa shape index (κ3) is 3.26. The molecule has 1 aliphatic heterocycles. The van der Waals surface area contributed by atoms with E-state index in [1.165, 1.54) is 50.9 Å². The molecule has 0 amide bonds. The highest BCUT2D eigenvalue weighted by Crippen LogP contribution is 2.40. The zero-order chi connectivity index (χ0) is 12.2. The summed E-state index contributed by atoms with van der Waals surface area (Å²) in [5, 5.41) is 0. The number of benzene rings is 1. The lowest BCUT2D eigenvalue weighted by atomic mass is 10.1. The Morgan fingerprint density at radius 1 is 1.17 bits per heavy atom. The molecular formula is C16H23NO. The quantitative estimate of drug-likeness (QED) is 0.712. The van der Waals surface area contributed by atoms with Gasteiger partial charge in [0.2, 0.25) is 0 Å². The van der Waals surface area contributed by atoms with Crippen LogP contribution in [0.15, 0.2) is 24.3 Å². The van der Waals surface area contributed by atoms with E-state index in [1.807, 2.05) is 0 Å². The van der Waals surface area contributed by atoms with Crippen molar-refractivity contribution < 1.29 is 4.74 Å². The minimum Gasteiger partial charge on any atom is -0.494 e. The summed E-state index contributed by atoms with van der Waals surface area (Å²) in [5.41, 5.74) is 1.46. The molecule has 0 radical (unpaired) electrons. The van der Waals surface area contributed by atoms with Crippen LogP contribution in [0.1, 0.15) is 43.6 Å². The van der Waals surface area contributed by atoms with E-state index in [1.54, 1.807) is 0 Å². The Morgan fingerprint density at radius 3 is 2.78 bits per heavy atom. The second kappa shape index (κ2) is 5.75. The molecule has 18 heavy (non-hydrogen) atoms. The lowest BCUT2D eigenvalue weighted by Gasteiger charge is -2.14. The van der Waals surface area contributed by atoms with Crippen LogP contribution in [-0.2, 0) is 0 Å². The van der Waals surface area contributed by atoms with E-state index in [-0.39, 0.29) is 0 Å². The van der Waals surface area contributed by atoms with Gasteiger partial charge in [0.25, 0.3) is 0 Å². The van der Waals surface area contributed by atoms with Crippen molar-refractivity contribution in [2.24, 2.45) is 0 Å². The van der Waals surface area contributed by atoms with E-state index >= 15 is 0 Å². The van der Waals surface area contributed by atoms with E-state index in [0.29, 0.717) is 0 Å². The molecule has 2 heteroatoms. The van der Waals surface area contributed by atoms with Gasteiger partial charge in [-0.25, -0.2) is 0 Å². The van der Waals surface area contributed by atoms with Gasteiger partial charge >= 0.3 is 0 Å². The van der Waals surface area contributed by atoms with Crippen LogP contribution < -0.4 is 4.74 Å². The fourth-order valence-electron chi connectivity index (χ4n) is 2.76. The summed E-state index contributed by atoms with van der Waals surface area (Å²) in [7, 11) is 0. The van der Waals surface area contributed by atoms with Crippen LogP contribution in [0.3, 0.4) is 0 Å². The fourth-order valence-corrected chi connectivity index (χ4v) is 2.76. The molecule has 0 bridgehead atoms. The van der Waals surface area contributed by atoms with E-state index in [9.17, 15) is 0 Å². The number of ether oxygens (including phenoxy) is 1. The molecule has 1 aromatic rings. The topological polar surface area (TPSA) is 12.5 Å². The average molecular weight is 245 g/mol. The van der Waals surface area contributed by atoms with Crippen LogP contribution in [-0.4, -0.2) is 31.1 Å². The van der Waals surface area contributed by atoms with Gasteiger partial charge < -0.3 is 9.64 Å². The lowest BCUT2D eigenvalue weighted by Crippen LogP contribution is -2.21. The Kier molecular flexibility index (Phi) is 3.84. The first-order chi connectivity index (χ1) is 8.92. The van der Waals surface area contributed by atoms with Crippen LogP contribution in [0.4, 0.5) is 0 Å². The number of hydrogen-bond acceptors (Lipinski definition) is 2. The van der Waals surface area contributed by atoms with Gasteiger partial charge in [-0.1, -0.05) is 12.1 Å². The highest BCUT2D eigenvalue weighted by molar-refractivity contribution is 5.32. The largest absolute Gasteiger partial charge is 0.494 e.